The summed E-state index contributed by atoms with van der Waals surface area (Å²) < 4.78 is 0. The normalized spacial score (nSPS) is 14.7. The van der Waals surface area contributed by atoms with Crippen LogP contribution < -0.4 is 0 Å². The molecule has 712 valence electrons. The highest BCUT2D eigenvalue weighted by Crippen LogP contribution is 2.62. The van der Waals surface area contributed by atoms with Gasteiger partial charge in [0, 0.05) is 21.7 Å². The van der Waals surface area contributed by atoms with E-state index in [1.54, 1.807) is 0 Å². The zero-order valence-electron chi connectivity index (χ0n) is 90.5. The molecule has 0 saturated heterocycles. The lowest BCUT2D eigenvalue weighted by Gasteiger charge is -2.35. The third kappa shape index (κ3) is 17.2. The molecule has 0 heterocycles. The van der Waals surface area contributed by atoms with E-state index >= 15 is 0 Å². The van der Waals surface area contributed by atoms with Crippen molar-refractivity contribution in [1.82, 2.24) is 0 Å². The molecule has 5 aliphatic rings. The lowest BCUT2D eigenvalue weighted by atomic mass is 9.66. The van der Waals surface area contributed by atoms with Gasteiger partial charge in [-0.15, -0.1) is 0 Å². The third-order valence-corrected chi connectivity index (χ3v) is 34.0. The van der Waals surface area contributed by atoms with Crippen LogP contribution in [0.5, 0.6) is 0 Å². The Morgan fingerprint density at radius 1 is 0.157 bits per heavy atom. The lowest BCUT2D eigenvalue weighted by molar-refractivity contribution is 0.709. The molecule has 16 aromatic carbocycles. The Morgan fingerprint density at radius 3 is 0.614 bits per heavy atom. The smallest absolute Gasteiger partial charge is 0.0654 e. The summed E-state index contributed by atoms with van der Waals surface area (Å²) in [5.41, 5.74) is 73.5. The molecule has 0 radical (unpaired) electrons. The van der Waals surface area contributed by atoms with Gasteiger partial charge in [0.25, 0.3) is 0 Å². The third-order valence-electron chi connectivity index (χ3n) is 34.0. The van der Waals surface area contributed by atoms with Crippen LogP contribution in [0, 0.1) is 159 Å². The van der Waals surface area contributed by atoms with E-state index < -0.39 is 0 Å². The fourth-order valence-corrected chi connectivity index (χ4v) is 24.6. The van der Waals surface area contributed by atoms with Crippen molar-refractivity contribution in [3.63, 3.8) is 0 Å². The number of benzene rings is 16. The summed E-state index contributed by atoms with van der Waals surface area (Å²) in [6.45, 7) is 69.9. The largest absolute Gasteiger partial charge is 0.0714 e. The van der Waals surface area contributed by atoms with E-state index in [4.69, 9.17) is 0 Å². The second-order valence-corrected chi connectivity index (χ2v) is 44.1. The standard InChI is InChI=1S/C33H34.C31H38.C27H30.C25H26.C24H24/c1-19-9-20(2)12-27(11-19)33(28-13-21(3)10-22(4)14-28)31-17-25(7)23(5)15-29(31)30-16-24(6)26(8)18-32(30)33;1-7-9-11-24-19-27-28-20-25(12-10-8-2)23(5)18-30(28)31(6,29(27)17-22(24)4)26-15-13-21(3)14-16-26;1-7-20-15-23-24-16-21(8-2)19(5)14-26(24)27(6,25(23)13-18(20)4)22-11-9-17(3)10-12-22;1-15-7-9-20(10-8-15)25(6)23-13-18(4)16(2)11-21(23)22-12-17(3)19(5)14-24(22)25;1-15-6-9-19(10-7-15)24(5)22-12-16(2)8-11-20(22)21-13-17(3)18(4)14-23(21)24/h9-18H,1-8H3;13-20H,7-12H2,1-6H3;9-16H,7-8H2,1-6H3;7-14H,1-6H3;6-14H,1-5H3. The van der Waals surface area contributed by atoms with E-state index in [0.717, 1.165) is 12.8 Å². The number of rotatable bonds is 14. The predicted octanol–water partition coefficient (Wildman–Crippen LogP) is 37.0. The zero-order chi connectivity index (χ0) is 100. The Balaban J connectivity index is 0.000000121. The van der Waals surface area contributed by atoms with Crippen LogP contribution in [0.25, 0.3) is 55.6 Å². The number of fused-ring (bicyclic) bond motifs is 15. The van der Waals surface area contributed by atoms with E-state index in [2.05, 4.69) is 475 Å². The molecular weight excluding hydrogens is 1680 g/mol. The first-order chi connectivity index (χ1) is 66.6. The summed E-state index contributed by atoms with van der Waals surface area (Å²) in [5.74, 6) is 0. The first kappa shape index (κ1) is 99.1. The van der Waals surface area contributed by atoms with Gasteiger partial charge in [-0.1, -0.05) is 351 Å². The maximum absolute atomic E-state index is 2.53. The molecule has 0 heteroatoms. The van der Waals surface area contributed by atoms with Crippen molar-refractivity contribution in [2.45, 2.75) is 293 Å². The molecule has 0 aliphatic heterocycles. The number of hydrogen-bond acceptors (Lipinski definition) is 0. The van der Waals surface area contributed by atoms with Crippen molar-refractivity contribution in [1.29, 1.82) is 0 Å². The van der Waals surface area contributed by atoms with Crippen LogP contribution in [0.1, 0.15) is 320 Å². The Bertz CT molecular complexity index is 7210. The van der Waals surface area contributed by atoms with E-state index in [9.17, 15) is 0 Å². The highest BCUT2D eigenvalue weighted by Gasteiger charge is 2.50. The van der Waals surface area contributed by atoms with Gasteiger partial charge in [0.2, 0.25) is 0 Å². The molecular formula is C140H152. The molecule has 0 nitrogen and oxygen atoms in total. The molecule has 0 amide bonds. The molecule has 0 spiro atoms. The fraction of sp³-hybridized carbons (Fsp3) is 0.314. The summed E-state index contributed by atoms with van der Waals surface area (Å²) >= 11 is 0. The van der Waals surface area contributed by atoms with Crippen molar-refractivity contribution in [3.05, 3.63) is 500 Å². The van der Waals surface area contributed by atoms with Crippen LogP contribution in [0.2, 0.25) is 0 Å². The van der Waals surface area contributed by atoms with Gasteiger partial charge in [0.05, 0.1) is 5.41 Å². The maximum atomic E-state index is 2.53. The van der Waals surface area contributed by atoms with Gasteiger partial charge in [-0.05, 0) is 470 Å². The minimum Gasteiger partial charge on any atom is -0.0654 e. The Labute approximate surface area is 842 Å². The van der Waals surface area contributed by atoms with Gasteiger partial charge in [-0.3, -0.25) is 0 Å². The zero-order valence-corrected chi connectivity index (χ0v) is 90.5. The molecule has 21 rings (SSSR count). The highest BCUT2D eigenvalue weighted by molar-refractivity contribution is 5.92. The number of unbranched alkanes of at least 4 members (excludes halogenated alkanes) is 2. The SMILES string of the molecule is CCCCc1cc2c(cc1C)C(C)(c1ccc(C)cc1)c1cc(C)c(CCCC)cc1-2.CCc1cc2c(cc1C)C(C)(c1ccc(C)cc1)c1cc(C)c(CC)cc1-2.Cc1cc(C)cc(C2(c3cc(C)cc(C)c3)c3cc(C)c(C)cc3-c3cc(C)c(C)cc32)c1.Cc1ccc(C2(C)c3cc(C)c(C)cc3-c3cc(C)c(C)cc32)cc1.Cc1ccc(C2(C)c3cc(C)ccc3-c3cc(C)c(C)cc32)cc1. The van der Waals surface area contributed by atoms with Crippen molar-refractivity contribution < 1.29 is 0 Å². The van der Waals surface area contributed by atoms with Gasteiger partial charge < -0.3 is 0 Å². The summed E-state index contributed by atoms with van der Waals surface area (Å²) in [6.07, 6.45) is 9.55. The molecule has 0 fully saturated rings. The minimum atomic E-state index is -0.324. The van der Waals surface area contributed by atoms with Crippen LogP contribution in [-0.4, -0.2) is 0 Å². The highest BCUT2D eigenvalue weighted by atomic mass is 14.5. The predicted molar refractivity (Wildman–Crippen MR) is 604 cm³/mol. The van der Waals surface area contributed by atoms with Crippen LogP contribution in [-0.2, 0) is 52.8 Å². The van der Waals surface area contributed by atoms with Gasteiger partial charge in [0.1, 0.15) is 0 Å². The van der Waals surface area contributed by atoms with Gasteiger partial charge in [-0.2, -0.15) is 0 Å². The van der Waals surface area contributed by atoms with E-state index in [1.165, 1.54) is 333 Å². The van der Waals surface area contributed by atoms with Gasteiger partial charge >= 0.3 is 0 Å². The summed E-state index contributed by atoms with van der Waals surface area (Å²) in [5, 5.41) is 0. The maximum Gasteiger partial charge on any atom is 0.0714 e. The molecule has 0 saturated carbocycles. The monoisotopic (exact) mass is 1830 g/mol. The Kier molecular flexibility index (Phi) is 27.3. The van der Waals surface area contributed by atoms with Crippen LogP contribution in [0.3, 0.4) is 0 Å². The lowest BCUT2D eigenvalue weighted by Crippen LogP contribution is -2.29. The van der Waals surface area contributed by atoms with Crippen molar-refractivity contribution in [2.24, 2.45) is 0 Å². The number of aryl methyl sites for hydroxylation is 27. The molecule has 140 heavy (non-hydrogen) atoms. The second kappa shape index (κ2) is 38.5. The second-order valence-electron chi connectivity index (χ2n) is 44.1. The van der Waals surface area contributed by atoms with E-state index in [0.29, 0.717) is 0 Å². The summed E-state index contributed by atoms with van der Waals surface area (Å²) in [7, 11) is 0. The molecule has 0 aromatic heterocycles. The van der Waals surface area contributed by atoms with Crippen LogP contribution in [0.4, 0.5) is 0 Å². The molecule has 16 aromatic rings. The van der Waals surface area contributed by atoms with E-state index in [1.807, 2.05) is 0 Å². The minimum absolute atomic E-state index is 0.0805. The summed E-state index contributed by atoms with van der Waals surface area (Å²) in [4.78, 5) is 0. The quantitative estimate of drug-likeness (QED) is 0.102. The molecule has 1 unspecified atom stereocenters. The molecule has 0 bridgehead atoms. The Morgan fingerprint density at radius 2 is 0.357 bits per heavy atom. The summed E-state index contributed by atoms with van der Waals surface area (Å²) in [6, 6.07) is 102. The average molecular weight is 1830 g/mol. The van der Waals surface area contributed by atoms with Gasteiger partial charge in [0.15, 0.2) is 0 Å². The average Bonchev–Trinajstić information content (AvgIpc) is 1.53. The molecule has 5 aliphatic carbocycles. The Hall–Kier alpha value is -12.5. The van der Waals surface area contributed by atoms with Crippen LogP contribution in [0.15, 0.2) is 261 Å². The molecule has 1 atom stereocenters. The number of hydrogen-bond donors (Lipinski definition) is 0. The van der Waals surface area contributed by atoms with Gasteiger partial charge in [-0.25, -0.2) is 0 Å². The van der Waals surface area contributed by atoms with Crippen molar-refractivity contribution >= 4 is 0 Å². The van der Waals surface area contributed by atoms with Crippen LogP contribution >= 0.6 is 0 Å². The first-order valence-corrected chi connectivity index (χ1v) is 52.4. The fourth-order valence-electron chi connectivity index (χ4n) is 24.6. The van der Waals surface area contributed by atoms with Crippen molar-refractivity contribution in [3.8, 4) is 55.6 Å². The first-order valence-electron chi connectivity index (χ1n) is 52.4. The topological polar surface area (TPSA) is 0 Å². The van der Waals surface area contributed by atoms with Crippen molar-refractivity contribution in [2.75, 3.05) is 0 Å². The van der Waals surface area contributed by atoms with E-state index in [-0.39, 0.29) is 27.1 Å². The molecule has 0 N–H and O–H groups in total.